The maximum Gasteiger partial charge on any atom is 0.181 e. The summed E-state index contributed by atoms with van der Waals surface area (Å²) in [6, 6.07) is 10.5. The first-order valence-corrected chi connectivity index (χ1v) is 9.19. The fourth-order valence-corrected chi connectivity index (χ4v) is 5.07. The van der Waals surface area contributed by atoms with Gasteiger partial charge in [0, 0.05) is 10.9 Å². The number of aryl methyl sites for hydroxylation is 1. The molecule has 0 saturated carbocycles. The predicted octanol–water partition coefficient (Wildman–Crippen LogP) is 4.04. The minimum absolute atomic E-state index is 0.862. The van der Waals surface area contributed by atoms with E-state index >= 15 is 0 Å². The Morgan fingerprint density at radius 3 is 2.80 bits per heavy atom. The molecule has 25 heavy (non-hydrogen) atoms. The van der Waals surface area contributed by atoms with Crippen molar-refractivity contribution in [2.45, 2.75) is 19.3 Å². The van der Waals surface area contributed by atoms with E-state index in [2.05, 4.69) is 34.5 Å². The van der Waals surface area contributed by atoms with E-state index < -0.39 is 0 Å². The lowest BCUT2D eigenvalue weighted by Crippen LogP contribution is -1.94. The molecule has 4 aromatic heterocycles. The van der Waals surface area contributed by atoms with Gasteiger partial charge in [0.25, 0.3) is 0 Å². The van der Waals surface area contributed by atoms with Crippen molar-refractivity contribution in [1.82, 2.24) is 24.6 Å². The second kappa shape index (κ2) is 4.83. The molecule has 0 saturated heterocycles. The van der Waals surface area contributed by atoms with Gasteiger partial charge in [0.1, 0.15) is 22.2 Å². The Morgan fingerprint density at radius 1 is 1.00 bits per heavy atom. The molecule has 0 atom stereocenters. The Bertz CT molecular complexity index is 1270. The maximum absolute atomic E-state index is 5.07. The molecular weight excluding hydrogens is 330 g/mol. The maximum atomic E-state index is 5.07. The van der Waals surface area contributed by atoms with Crippen LogP contribution in [-0.2, 0) is 12.8 Å². The molecule has 5 nitrogen and oxygen atoms in total. The van der Waals surface area contributed by atoms with E-state index in [4.69, 9.17) is 9.97 Å². The molecule has 1 aromatic carbocycles. The van der Waals surface area contributed by atoms with Crippen molar-refractivity contribution in [3.8, 4) is 11.3 Å². The molecule has 0 aliphatic heterocycles. The largest absolute Gasteiger partial charge is 0.271 e. The van der Waals surface area contributed by atoms with Crippen LogP contribution >= 0.6 is 11.3 Å². The SMILES string of the molecule is c1ccc(-c2nc3sc4c(ncn5cnnc45)c3c3c2CCC3)cc1. The van der Waals surface area contributed by atoms with Crippen LogP contribution in [0.3, 0.4) is 0 Å². The van der Waals surface area contributed by atoms with E-state index in [-0.39, 0.29) is 0 Å². The number of hydrogen-bond donors (Lipinski definition) is 0. The second-order valence-corrected chi connectivity index (χ2v) is 7.40. The molecule has 0 bridgehead atoms. The fraction of sp³-hybridized carbons (Fsp3) is 0.158. The Morgan fingerprint density at radius 2 is 1.88 bits per heavy atom. The number of thiophene rings is 1. The summed E-state index contributed by atoms with van der Waals surface area (Å²) in [4.78, 5) is 10.8. The monoisotopic (exact) mass is 343 g/mol. The topological polar surface area (TPSA) is 56.0 Å². The smallest absolute Gasteiger partial charge is 0.181 e. The molecular formula is C19H13N5S. The van der Waals surface area contributed by atoms with Crippen LogP contribution < -0.4 is 0 Å². The van der Waals surface area contributed by atoms with Crippen LogP contribution in [0.25, 0.3) is 37.3 Å². The summed E-state index contributed by atoms with van der Waals surface area (Å²) in [5.41, 5.74) is 7.02. The highest BCUT2D eigenvalue weighted by Crippen LogP contribution is 2.42. The van der Waals surface area contributed by atoms with Crippen LogP contribution in [-0.4, -0.2) is 24.6 Å². The van der Waals surface area contributed by atoms with Crippen molar-refractivity contribution in [3.63, 3.8) is 0 Å². The van der Waals surface area contributed by atoms with Gasteiger partial charge in [-0.25, -0.2) is 9.97 Å². The number of pyridine rings is 1. The molecule has 0 radical (unpaired) electrons. The van der Waals surface area contributed by atoms with Crippen LogP contribution in [0.15, 0.2) is 43.0 Å². The molecule has 120 valence electrons. The molecule has 0 spiro atoms. The summed E-state index contributed by atoms with van der Waals surface area (Å²) in [5.74, 6) is 0. The summed E-state index contributed by atoms with van der Waals surface area (Å²) >= 11 is 1.67. The van der Waals surface area contributed by atoms with Crippen molar-refractivity contribution >= 4 is 37.4 Å². The summed E-state index contributed by atoms with van der Waals surface area (Å²) in [5, 5.41) is 9.51. The lowest BCUT2D eigenvalue weighted by molar-refractivity contribution is 0.913. The van der Waals surface area contributed by atoms with Gasteiger partial charge < -0.3 is 0 Å². The number of fused-ring (bicyclic) bond motifs is 7. The average molecular weight is 343 g/mol. The third kappa shape index (κ3) is 1.77. The highest BCUT2D eigenvalue weighted by Gasteiger charge is 2.24. The summed E-state index contributed by atoms with van der Waals surface area (Å²) in [6.07, 6.45) is 6.86. The normalized spacial score (nSPS) is 13.9. The van der Waals surface area contributed by atoms with Gasteiger partial charge in [0.15, 0.2) is 5.65 Å². The van der Waals surface area contributed by atoms with Gasteiger partial charge >= 0.3 is 0 Å². The zero-order valence-corrected chi connectivity index (χ0v) is 14.1. The van der Waals surface area contributed by atoms with Crippen molar-refractivity contribution < 1.29 is 0 Å². The quantitative estimate of drug-likeness (QED) is 0.461. The highest BCUT2D eigenvalue weighted by molar-refractivity contribution is 7.26. The van der Waals surface area contributed by atoms with E-state index in [1.807, 2.05) is 10.5 Å². The van der Waals surface area contributed by atoms with Gasteiger partial charge in [-0.15, -0.1) is 21.5 Å². The summed E-state index contributed by atoms with van der Waals surface area (Å²) in [6.45, 7) is 0. The van der Waals surface area contributed by atoms with Gasteiger partial charge in [0.05, 0.1) is 11.2 Å². The summed E-state index contributed by atoms with van der Waals surface area (Å²) < 4.78 is 2.94. The van der Waals surface area contributed by atoms with Crippen molar-refractivity contribution in [1.29, 1.82) is 0 Å². The molecule has 4 heterocycles. The molecule has 0 N–H and O–H groups in total. The Kier molecular flexibility index (Phi) is 2.59. The molecule has 6 heteroatoms. The number of nitrogens with zero attached hydrogens (tertiary/aromatic N) is 5. The molecule has 0 unspecified atom stereocenters. The molecule has 6 rings (SSSR count). The van der Waals surface area contributed by atoms with Crippen molar-refractivity contribution in [2.75, 3.05) is 0 Å². The van der Waals surface area contributed by atoms with Crippen LogP contribution in [0.2, 0.25) is 0 Å². The van der Waals surface area contributed by atoms with E-state index in [1.165, 1.54) is 28.5 Å². The van der Waals surface area contributed by atoms with Crippen LogP contribution in [0.4, 0.5) is 0 Å². The number of benzene rings is 1. The Hall–Kier alpha value is -2.86. The lowest BCUT2D eigenvalue weighted by atomic mass is 10.0. The number of aromatic nitrogens is 5. The van der Waals surface area contributed by atoms with E-state index in [0.29, 0.717) is 0 Å². The standard InChI is InChI=1S/C19H13N5S/c1-2-5-11(6-3-1)15-13-8-4-7-12(13)14-16-17(25-19(14)22-15)18-23-21-10-24(18)9-20-16/h1-3,5-6,9-10H,4,7-8H2. The zero-order valence-electron chi connectivity index (χ0n) is 13.3. The molecule has 1 aliphatic carbocycles. The minimum atomic E-state index is 0.862. The number of rotatable bonds is 1. The van der Waals surface area contributed by atoms with Crippen LogP contribution in [0.1, 0.15) is 17.5 Å². The average Bonchev–Trinajstić information content (AvgIpc) is 3.37. The fourth-order valence-electron chi connectivity index (χ4n) is 3.93. The molecule has 1 aliphatic rings. The van der Waals surface area contributed by atoms with E-state index in [9.17, 15) is 0 Å². The van der Waals surface area contributed by atoms with Gasteiger partial charge in [0.2, 0.25) is 0 Å². The van der Waals surface area contributed by atoms with E-state index in [0.717, 1.165) is 39.2 Å². The molecule has 0 fully saturated rings. The second-order valence-electron chi connectivity index (χ2n) is 6.40. The van der Waals surface area contributed by atoms with Crippen LogP contribution in [0.5, 0.6) is 0 Å². The minimum Gasteiger partial charge on any atom is -0.271 e. The van der Waals surface area contributed by atoms with Gasteiger partial charge in [-0.3, -0.25) is 4.40 Å². The highest BCUT2D eigenvalue weighted by atomic mass is 32.1. The molecule has 5 aromatic rings. The van der Waals surface area contributed by atoms with Gasteiger partial charge in [-0.2, -0.15) is 0 Å². The van der Waals surface area contributed by atoms with Crippen molar-refractivity contribution in [2.24, 2.45) is 0 Å². The lowest BCUT2D eigenvalue weighted by Gasteiger charge is -2.09. The Balaban J connectivity index is 1.78. The first-order valence-electron chi connectivity index (χ1n) is 8.38. The summed E-state index contributed by atoms with van der Waals surface area (Å²) in [7, 11) is 0. The van der Waals surface area contributed by atoms with Crippen molar-refractivity contribution in [3.05, 3.63) is 54.1 Å². The predicted molar refractivity (Wildman–Crippen MR) is 98.9 cm³/mol. The third-order valence-corrected chi connectivity index (χ3v) is 6.09. The van der Waals surface area contributed by atoms with Gasteiger partial charge in [-0.1, -0.05) is 30.3 Å². The van der Waals surface area contributed by atoms with E-state index in [1.54, 1.807) is 24.0 Å². The van der Waals surface area contributed by atoms with Crippen LogP contribution in [0, 0.1) is 0 Å². The van der Waals surface area contributed by atoms with Gasteiger partial charge in [-0.05, 0) is 30.4 Å². The first kappa shape index (κ1) is 13.4. The Labute approximate surface area is 147 Å². The zero-order chi connectivity index (χ0) is 16.4. The third-order valence-electron chi connectivity index (χ3n) is 5.02. The molecule has 0 amide bonds. The first-order chi connectivity index (χ1) is 12.4. The number of hydrogen-bond acceptors (Lipinski definition) is 5.